The molecule has 2 heterocycles. The molecule has 0 spiro atoms. The number of methoxy groups -OCH3 is 1. The first-order valence-electron chi connectivity index (χ1n) is 10.8. The van der Waals surface area contributed by atoms with Gasteiger partial charge in [-0.2, -0.15) is 0 Å². The number of amides is 1. The standard InChI is InChI=1S/C25H24N4O4S2/c1-16(33-18-12-8-5-9-13-18)22-27-28-25(29(22)2)35-15-20(30)26-23-21(24(31)32-3)19(14-34-23)17-10-6-4-7-11-17/h4-14,16H,15H2,1-3H3,(H,26,30). The molecule has 0 aliphatic rings. The minimum absolute atomic E-state index is 0.0963. The number of nitrogens with one attached hydrogen (secondary N) is 1. The second-order valence-corrected chi connectivity index (χ2v) is 9.34. The second-order valence-electron chi connectivity index (χ2n) is 7.52. The average Bonchev–Trinajstić information content (AvgIpc) is 3.46. The van der Waals surface area contributed by atoms with Crippen molar-refractivity contribution in [1.82, 2.24) is 14.8 Å². The summed E-state index contributed by atoms with van der Waals surface area (Å²) in [6.07, 6.45) is -0.316. The highest BCUT2D eigenvalue weighted by Crippen LogP contribution is 2.36. The van der Waals surface area contributed by atoms with Crippen LogP contribution in [0, 0.1) is 0 Å². The zero-order valence-corrected chi connectivity index (χ0v) is 21.1. The normalized spacial score (nSPS) is 11.6. The van der Waals surface area contributed by atoms with E-state index in [9.17, 15) is 9.59 Å². The van der Waals surface area contributed by atoms with Crippen LogP contribution >= 0.6 is 23.1 Å². The molecule has 0 fully saturated rings. The van der Waals surface area contributed by atoms with Gasteiger partial charge in [-0.25, -0.2) is 4.79 Å². The van der Waals surface area contributed by atoms with E-state index < -0.39 is 5.97 Å². The second kappa shape index (κ2) is 11.2. The van der Waals surface area contributed by atoms with E-state index in [4.69, 9.17) is 9.47 Å². The molecule has 1 amide bonds. The molecule has 1 unspecified atom stereocenters. The van der Waals surface area contributed by atoms with Gasteiger partial charge in [0.25, 0.3) is 0 Å². The number of carbonyl (C=O) groups excluding carboxylic acids is 2. The van der Waals surface area contributed by atoms with Crippen LogP contribution in [0.3, 0.4) is 0 Å². The van der Waals surface area contributed by atoms with Gasteiger partial charge in [-0.05, 0) is 24.6 Å². The fraction of sp³-hybridized carbons (Fsp3) is 0.200. The Kier molecular flexibility index (Phi) is 7.84. The number of esters is 1. The zero-order valence-electron chi connectivity index (χ0n) is 19.4. The molecule has 0 bridgehead atoms. The summed E-state index contributed by atoms with van der Waals surface area (Å²) in [5.74, 6) is 0.719. The number of hydrogen-bond donors (Lipinski definition) is 1. The van der Waals surface area contributed by atoms with Crippen LogP contribution in [-0.4, -0.2) is 39.5 Å². The molecule has 10 heteroatoms. The summed E-state index contributed by atoms with van der Waals surface area (Å²) in [4.78, 5) is 25.2. The quantitative estimate of drug-likeness (QED) is 0.245. The van der Waals surface area contributed by atoms with Crippen LogP contribution in [-0.2, 0) is 16.6 Å². The van der Waals surface area contributed by atoms with Gasteiger partial charge in [-0.15, -0.1) is 21.5 Å². The Hall–Kier alpha value is -3.63. The van der Waals surface area contributed by atoms with Crippen molar-refractivity contribution in [1.29, 1.82) is 0 Å². The molecule has 180 valence electrons. The number of hydrogen-bond acceptors (Lipinski definition) is 8. The monoisotopic (exact) mass is 508 g/mol. The van der Waals surface area contributed by atoms with E-state index in [0.717, 1.165) is 16.9 Å². The van der Waals surface area contributed by atoms with Crippen molar-refractivity contribution in [3.05, 3.63) is 77.4 Å². The molecule has 4 rings (SSSR count). The van der Waals surface area contributed by atoms with E-state index in [2.05, 4.69) is 15.5 Å². The highest BCUT2D eigenvalue weighted by atomic mass is 32.2. The molecule has 1 N–H and O–H groups in total. The predicted molar refractivity (Wildman–Crippen MR) is 137 cm³/mol. The molecule has 2 aromatic heterocycles. The number of rotatable bonds is 9. The Bertz CT molecular complexity index is 1310. The van der Waals surface area contributed by atoms with Crippen molar-refractivity contribution in [2.24, 2.45) is 7.05 Å². The molecule has 0 aliphatic carbocycles. The highest BCUT2D eigenvalue weighted by Gasteiger charge is 2.23. The summed E-state index contributed by atoms with van der Waals surface area (Å²) in [7, 11) is 3.16. The van der Waals surface area contributed by atoms with Crippen molar-refractivity contribution in [2.45, 2.75) is 18.2 Å². The van der Waals surface area contributed by atoms with Crippen molar-refractivity contribution in [3.63, 3.8) is 0 Å². The smallest absolute Gasteiger partial charge is 0.341 e. The van der Waals surface area contributed by atoms with Gasteiger partial charge >= 0.3 is 5.97 Å². The van der Waals surface area contributed by atoms with Crippen molar-refractivity contribution in [2.75, 3.05) is 18.2 Å². The maximum Gasteiger partial charge on any atom is 0.341 e. The number of anilines is 1. The molecule has 4 aromatic rings. The molecule has 0 radical (unpaired) electrons. The Morgan fingerprint density at radius 2 is 1.77 bits per heavy atom. The number of benzene rings is 2. The highest BCUT2D eigenvalue weighted by molar-refractivity contribution is 7.99. The lowest BCUT2D eigenvalue weighted by Gasteiger charge is -2.14. The average molecular weight is 509 g/mol. The SMILES string of the molecule is COC(=O)c1c(-c2ccccc2)csc1NC(=O)CSc1nnc(C(C)Oc2ccccc2)n1C. The molecule has 0 saturated heterocycles. The van der Waals surface area contributed by atoms with Gasteiger partial charge in [0.2, 0.25) is 5.91 Å². The number of thioether (sulfide) groups is 1. The van der Waals surface area contributed by atoms with Gasteiger partial charge in [0.15, 0.2) is 17.1 Å². The third-order valence-electron chi connectivity index (χ3n) is 5.14. The Morgan fingerprint density at radius 3 is 2.46 bits per heavy atom. The van der Waals surface area contributed by atoms with Crippen LogP contribution in [0.25, 0.3) is 11.1 Å². The maximum atomic E-state index is 12.7. The lowest BCUT2D eigenvalue weighted by atomic mass is 10.0. The van der Waals surface area contributed by atoms with Crippen LogP contribution in [0.5, 0.6) is 5.75 Å². The van der Waals surface area contributed by atoms with Crippen LogP contribution in [0.4, 0.5) is 5.00 Å². The van der Waals surface area contributed by atoms with Crippen molar-refractivity contribution in [3.8, 4) is 16.9 Å². The van der Waals surface area contributed by atoms with Crippen LogP contribution in [0.1, 0.15) is 29.2 Å². The van der Waals surface area contributed by atoms with E-state index in [1.54, 1.807) is 0 Å². The summed E-state index contributed by atoms with van der Waals surface area (Å²) < 4.78 is 12.7. The molecule has 0 aliphatic heterocycles. The number of nitrogens with zero attached hydrogens (tertiary/aromatic N) is 3. The summed E-state index contributed by atoms with van der Waals surface area (Å²) >= 11 is 2.54. The number of para-hydroxylation sites is 1. The lowest BCUT2D eigenvalue weighted by molar-refractivity contribution is -0.113. The molecule has 1 atom stereocenters. The van der Waals surface area contributed by atoms with E-state index in [1.807, 2.05) is 84.6 Å². The Labute approximate surface area is 211 Å². The zero-order chi connectivity index (χ0) is 24.8. The number of carbonyl (C=O) groups is 2. The summed E-state index contributed by atoms with van der Waals surface area (Å²) in [5, 5.41) is 14.2. The maximum absolute atomic E-state index is 12.7. The molecule has 0 saturated carbocycles. The van der Waals surface area contributed by atoms with E-state index in [-0.39, 0.29) is 17.8 Å². The minimum atomic E-state index is -0.501. The predicted octanol–water partition coefficient (Wildman–Crippen LogP) is 5.20. The van der Waals surface area contributed by atoms with Crippen LogP contribution < -0.4 is 10.1 Å². The van der Waals surface area contributed by atoms with Gasteiger partial charge in [0.1, 0.15) is 16.3 Å². The molecule has 2 aromatic carbocycles. The Morgan fingerprint density at radius 1 is 1.09 bits per heavy atom. The van der Waals surface area contributed by atoms with E-state index in [0.29, 0.717) is 21.5 Å². The van der Waals surface area contributed by atoms with Crippen LogP contribution in [0.15, 0.2) is 71.2 Å². The van der Waals surface area contributed by atoms with Gasteiger partial charge < -0.3 is 19.4 Å². The summed E-state index contributed by atoms with van der Waals surface area (Å²) in [6, 6.07) is 19.0. The largest absolute Gasteiger partial charge is 0.483 e. The fourth-order valence-corrected chi connectivity index (χ4v) is 5.13. The molecule has 35 heavy (non-hydrogen) atoms. The summed E-state index contributed by atoms with van der Waals surface area (Å²) in [6.45, 7) is 1.90. The van der Waals surface area contributed by atoms with E-state index in [1.165, 1.54) is 30.2 Å². The minimum Gasteiger partial charge on any atom is -0.483 e. The van der Waals surface area contributed by atoms with Gasteiger partial charge in [-0.1, -0.05) is 60.3 Å². The molecular formula is C25H24N4O4S2. The fourth-order valence-electron chi connectivity index (χ4n) is 3.44. The van der Waals surface area contributed by atoms with Gasteiger partial charge in [0.05, 0.1) is 12.9 Å². The van der Waals surface area contributed by atoms with Crippen LogP contribution in [0.2, 0.25) is 0 Å². The van der Waals surface area contributed by atoms with Gasteiger partial charge in [-0.3, -0.25) is 4.79 Å². The van der Waals surface area contributed by atoms with Crippen molar-refractivity contribution < 1.29 is 19.1 Å². The summed E-state index contributed by atoms with van der Waals surface area (Å²) in [5.41, 5.74) is 1.93. The first-order chi connectivity index (χ1) is 17.0. The number of thiophene rings is 1. The number of aromatic nitrogens is 3. The third-order valence-corrected chi connectivity index (χ3v) is 7.05. The molecule has 8 nitrogen and oxygen atoms in total. The van der Waals surface area contributed by atoms with Gasteiger partial charge in [0, 0.05) is 18.0 Å². The van der Waals surface area contributed by atoms with Crippen molar-refractivity contribution >= 4 is 40.0 Å². The number of ether oxygens (including phenoxy) is 2. The van der Waals surface area contributed by atoms with E-state index >= 15 is 0 Å². The third kappa shape index (κ3) is 5.72. The first kappa shape index (κ1) is 24.5. The molecular weight excluding hydrogens is 484 g/mol. The lowest BCUT2D eigenvalue weighted by Crippen LogP contribution is -2.16. The first-order valence-corrected chi connectivity index (χ1v) is 12.6. The topological polar surface area (TPSA) is 95.3 Å². The Balaban J connectivity index is 1.42.